The van der Waals surface area contributed by atoms with Crippen LogP contribution in [0.1, 0.15) is 32.3 Å². The number of para-hydroxylation sites is 1. The van der Waals surface area contributed by atoms with Crippen molar-refractivity contribution in [3.8, 4) is 5.75 Å². The zero-order valence-corrected chi connectivity index (χ0v) is 14.2. The summed E-state index contributed by atoms with van der Waals surface area (Å²) >= 11 is 0. The highest BCUT2D eigenvalue weighted by Crippen LogP contribution is 2.27. The van der Waals surface area contributed by atoms with E-state index in [1.165, 1.54) is 0 Å². The van der Waals surface area contributed by atoms with E-state index < -0.39 is 0 Å². The Balaban J connectivity index is 1.60. The monoisotopic (exact) mass is 328 g/mol. The number of rotatable bonds is 3. The summed E-state index contributed by atoms with van der Waals surface area (Å²) in [6, 6.07) is 7.87. The molecule has 0 unspecified atom stereocenters. The van der Waals surface area contributed by atoms with Crippen LogP contribution in [0.4, 0.5) is 0 Å². The number of piperidine rings is 1. The van der Waals surface area contributed by atoms with Gasteiger partial charge in [-0.1, -0.05) is 18.2 Å². The van der Waals surface area contributed by atoms with Gasteiger partial charge < -0.3 is 15.0 Å². The van der Waals surface area contributed by atoms with E-state index in [2.05, 4.69) is 5.32 Å². The molecule has 5 nitrogen and oxygen atoms in total. The van der Waals surface area contributed by atoms with Crippen LogP contribution in [0.15, 0.2) is 29.8 Å². The maximum atomic E-state index is 12.7. The molecule has 0 bridgehead atoms. The average Bonchev–Trinajstić information content (AvgIpc) is 2.60. The Morgan fingerprint density at radius 2 is 1.92 bits per heavy atom. The van der Waals surface area contributed by atoms with Crippen LogP contribution in [-0.4, -0.2) is 42.5 Å². The molecule has 1 N–H and O–H groups in total. The molecule has 128 valence electrons. The number of nitrogens with zero attached hydrogens (tertiary/aromatic N) is 1. The van der Waals surface area contributed by atoms with Crippen molar-refractivity contribution in [2.75, 3.05) is 19.7 Å². The Kier molecular flexibility index (Phi) is 4.88. The first kappa shape index (κ1) is 16.6. The number of ether oxygens (including phenoxy) is 1. The van der Waals surface area contributed by atoms with Gasteiger partial charge in [-0.2, -0.15) is 0 Å². The number of nitrogens with one attached hydrogen (secondary N) is 1. The molecule has 24 heavy (non-hydrogen) atoms. The quantitative estimate of drug-likeness (QED) is 0.926. The fraction of sp³-hybridized carbons (Fsp3) is 0.474. The zero-order chi connectivity index (χ0) is 17.1. The van der Waals surface area contributed by atoms with Crippen molar-refractivity contribution >= 4 is 17.9 Å². The van der Waals surface area contributed by atoms with Crippen molar-refractivity contribution in [1.29, 1.82) is 0 Å². The summed E-state index contributed by atoms with van der Waals surface area (Å²) in [5.74, 6) is 0.949. The molecule has 3 rings (SSSR count). The lowest BCUT2D eigenvalue weighted by atomic mass is 9.95. The topological polar surface area (TPSA) is 58.6 Å². The van der Waals surface area contributed by atoms with Gasteiger partial charge >= 0.3 is 0 Å². The van der Waals surface area contributed by atoms with E-state index in [1.54, 1.807) is 0 Å². The van der Waals surface area contributed by atoms with Crippen LogP contribution in [0.2, 0.25) is 0 Å². The van der Waals surface area contributed by atoms with E-state index in [0.717, 1.165) is 24.2 Å². The van der Waals surface area contributed by atoms with Gasteiger partial charge in [0.05, 0.1) is 5.57 Å². The molecule has 2 amide bonds. The highest BCUT2D eigenvalue weighted by Gasteiger charge is 2.29. The van der Waals surface area contributed by atoms with Crippen molar-refractivity contribution in [3.05, 3.63) is 35.4 Å². The second kappa shape index (κ2) is 7.07. The Bertz CT molecular complexity index is 658. The average molecular weight is 328 g/mol. The lowest BCUT2D eigenvalue weighted by Gasteiger charge is -2.32. The highest BCUT2D eigenvalue weighted by atomic mass is 16.5. The fourth-order valence-electron chi connectivity index (χ4n) is 3.19. The standard InChI is InChI=1S/C19H24N2O3/c1-13(2)20-18(22)14-7-9-21(10-8-14)19(23)16-11-15-5-3-4-6-17(15)24-12-16/h3-6,11,13-14H,7-10,12H2,1-2H3,(H,20,22). The number of likely N-dealkylation sites (tertiary alicyclic amines) is 1. The Morgan fingerprint density at radius 3 is 2.62 bits per heavy atom. The number of carbonyl (C=O) groups is 2. The highest BCUT2D eigenvalue weighted by molar-refractivity contribution is 5.99. The maximum absolute atomic E-state index is 12.7. The number of benzene rings is 1. The van der Waals surface area contributed by atoms with Gasteiger partial charge in [0.25, 0.3) is 5.91 Å². The molecule has 0 spiro atoms. The van der Waals surface area contributed by atoms with Gasteiger partial charge in [-0.25, -0.2) is 0 Å². The largest absolute Gasteiger partial charge is 0.488 e. The Morgan fingerprint density at radius 1 is 1.21 bits per heavy atom. The molecule has 1 aromatic carbocycles. The summed E-state index contributed by atoms with van der Waals surface area (Å²) in [5, 5.41) is 2.96. The summed E-state index contributed by atoms with van der Waals surface area (Å²) in [4.78, 5) is 26.6. The number of carbonyl (C=O) groups excluding carboxylic acids is 2. The molecule has 1 fully saturated rings. The lowest BCUT2D eigenvalue weighted by molar-refractivity contribution is -0.133. The van der Waals surface area contributed by atoms with Gasteiger partial charge in [-0.3, -0.25) is 9.59 Å². The molecule has 0 aromatic heterocycles. The molecule has 0 saturated carbocycles. The minimum Gasteiger partial charge on any atom is -0.488 e. The number of amides is 2. The first-order chi connectivity index (χ1) is 11.5. The second-order valence-corrected chi connectivity index (χ2v) is 6.73. The Hall–Kier alpha value is -2.30. The van der Waals surface area contributed by atoms with E-state index >= 15 is 0 Å². The summed E-state index contributed by atoms with van der Waals surface area (Å²) in [6.45, 7) is 5.47. The smallest absolute Gasteiger partial charge is 0.253 e. The van der Waals surface area contributed by atoms with Crippen molar-refractivity contribution < 1.29 is 14.3 Å². The van der Waals surface area contributed by atoms with Crippen LogP contribution in [0.25, 0.3) is 6.08 Å². The van der Waals surface area contributed by atoms with E-state index in [1.807, 2.05) is 49.1 Å². The van der Waals surface area contributed by atoms with Crippen LogP contribution in [0, 0.1) is 5.92 Å². The molecule has 1 aromatic rings. The molecule has 1 saturated heterocycles. The molecular weight excluding hydrogens is 304 g/mol. The minimum atomic E-state index is 0.00811. The number of hydrogen-bond donors (Lipinski definition) is 1. The molecular formula is C19H24N2O3. The third kappa shape index (κ3) is 3.61. The van der Waals surface area contributed by atoms with Gasteiger partial charge in [0.1, 0.15) is 12.4 Å². The Labute approximate surface area is 142 Å². The summed E-state index contributed by atoms with van der Waals surface area (Å²) in [7, 11) is 0. The first-order valence-electron chi connectivity index (χ1n) is 8.56. The van der Waals surface area contributed by atoms with Gasteiger partial charge in [0, 0.05) is 30.6 Å². The van der Waals surface area contributed by atoms with Crippen LogP contribution in [0.3, 0.4) is 0 Å². The van der Waals surface area contributed by atoms with E-state index in [9.17, 15) is 9.59 Å². The SMILES string of the molecule is CC(C)NC(=O)C1CCN(C(=O)C2=Cc3ccccc3OC2)CC1. The molecule has 0 radical (unpaired) electrons. The van der Waals surface area contributed by atoms with E-state index in [0.29, 0.717) is 25.3 Å². The van der Waals surface area contributed by atoms with E-state index in [-0.39, 0.29) is 23.8 Å². The second-order valence-electron chi connectivity index (χ2n) is 6.73. The van der Waals surface area contributed by atoms with Crippen LogP contribution in [-0.2, 0) is 9.59 Å². The predicted octanol–water partition coefficient (Wildman–Crippen LogP) is 2.23. The molecule has 0 atom stereocenters. The van der Waals surface area contributed by atoms with Crippen LogP contribution >= 0.6 is 0 Å². The van der Waals surface area contributed by atoms with Gasteiger partial charge in [-0.05, 0) is 38.8 Å². The van der Waals surface area contributed by atoms with Crippen molar-refractivity contribution in [2.24, 2.45) is 5.92 Å². The molecule has 2 aliphatic heterocycles. The molecule has 2 heterocycles. The number of fused-ring (bicyclic) bond motifs is 1. The zero-order valence-electron chi connectivity index (χ0n) is 14.2. The third-order valence-corrected chi connectivity index (χ3v) is 4.49. The third-order valence-electron chi connectivity index (χ3n) is 4.49. The van der Waals surface area contributed by atoms with Gasteiger partial charge in [0.15, 0.2) is 0 Å². The normalized spacial score (nSPS) is 17.8. The van der Waals surface area contributed by atoms with Crippen molar-refractivity contribution in [3.63, 3.8) is 0 Å². The van der Waals surface area contributed by atoms with Crippen molar-refractivity contribution in [1.82, 2.24) is 10.2 Å². The summed E-state index contributed by atoms with van der Waals surface area (Å²) < 4.78 is 5.67. The summed E-state index contributed by atoms with van der Waals surface area (Å²) in [5.41, 5.74) is 1.62. The molecule has 0 aliphatic carbocycles. The van der Waals surface area contributed by atoms with Gasteiger partial charge in [-0.15, -0.1) is 0 Å². The minimum absolute atomic E-state index is 0.00811. The molecule has 5 heteroatoms. The van der Waals surface area contributed by atoms with Crippen molar-refractivity contribution in [2.45, 2.75) is 32.7 Å². The summed E-state index contributed by atoms with van der Waals surface area (Å²) in [6.07, 6.45) is 3.35. The predicted molar refractivity (Wildman–Crippen MR) is 92.5 cm³/mol. The van der Waals surface area contributed by atoms with Crippen LogP contribution in [0.5, 0.6) is 5.75 Å². The maximum Gasteiger partial charge on any atom is 0.253 e. The van der Waals surface area contributed by atoms with Crippen LogP contribution < -0.4 is 10.1 Å². The fourth-order valence-corrected chi connectivity index (χ4v) is 3.19. The molecule has 2 aliphatic rings. The number of hydrogen-bond acceptors (Lipinski definition) is 3. The lowest BCUT2D eigenvalue weighted by Crippen LogP contribution is -2.45. The van der Waals surface area contributed by atoms with E-state index in [4.69, 9.17) is 4.74 Å². The first-order valence-corrected chi connectivity index (χ1v) is 8.56. The van der Waals surface area contributed by atoms with Gasteiger partial charge in [0.2, 0.25) is 5.91 Å².